The van der Waals surface area contributed by atoms with E-state index in [4.69, 9.17) is 22.7 Å². The molecule has 1 amide bonds. The van der Waals surface area contributed by atoms with Crippen molar-refractivity contribution < 1.29 is 9.53 Å². The molecule has 0 saturated heterocycles. The highest BCUT2D eigenvalue weighted by molar-refractivity contribution is 7.98. The van der Waals surface area contributed by atoms with Crippen LogP contribution in [0.3, 0.4) is 0 Å². The molecule has 0 radical (unpaired) electrons. The van der Waals surface area contributed by atoms with Gasteiger partial charge in [-0.05, 0) is 18.4 Å². The van der Waals surface area contributed by atoms with Gasteiger partial charge in [0.15, 0.2) is 0 Å². The third-order valence-corrected chi connectivity index (χ3v) is 3.74. The summed E-state index contributed by atoms with van der Waals surface area (Å²) in [5.41, 5.74) is 5.42. The predicted octanol–water partition coefficient (Wildman–Crippen LogP) is 2.31. The fourth-order valence-electron chi connectivity index (χ4n) is 1.58. The van der Waals surface area contributed by atoms with Crippen LogP contribution in [0.2, 0.25) is 0 Å². The molecule has 0 aliphatic carbocycles. The van der Waals surface area contributed by atoms with Crippen LogP contribution >= 0.6 is 24.0 Å². The van der Waals surface area contributed by atoms with Crippen LogP contribution in [0.15, 0.2) is 29.2 Å². The number of ether oxygens (including phenoxy) is 1. The van der Waals surface area contributed by atoms with Gasteiger partial charge in [-0.15, -0.1) is 11.8 Å². The summed E-state index contributed by atoms with van der Waals surface area (Å²) in [5, 5.41) is 0. The molecule has 0 spiro atoms. The summed E-state index contributed by atoms with van der Waals surface area (Å²) >= 11 is 6.42. The first-order valence-electron chi connectivity index (χ1n) is 6.32. The van der Waals surface area contributed by atoms with Crippen molar-refractivity contribution in [2.45, 2.75) is 17.7 Å². The van der Waals surface area contributed by atoms with Crippen molar-refractivity contribution in [1.29, 1.82) is 0 Å². The maximum atomic E-state index is 11.9. The minimum atomic E-state index is 0.0304. The third-order valence-electron chi connectivity index (χ3n) is 2.76. The van der Waals surface area contributed by atoms with E-state index in [0.717, 1.165) is 10.6 Å². The SMILES string of the molecule is CSc1ccccc1OCCC(=O)N(C)CCC(N)=S. The smallest absolute Gasteiger partial charge is 0.225 e. The highest BCUT2D eigenvalue weighted by atomic mass is 32.2. The molecule has 1 aromatic carbocycles. The first-order chi connectivity index (χ1) is 9.54. The largest absolute Gasteiger partial charge is 0.492 e. The second-order valence-electron chi connectivity index (χ2n) is 4.28. The molecule has 0 fully saturated rings. The summed E-state index contributed by atoms with van der Waals surface area (Å²) in [6.07, 6.45) is 2.89. The van der Waals surface area contributed by atoms with Crippen LogP contribution in [0, 0.1) is 0 Å². The molecule has 1 aromatic rings. The Morgan fingerprint density at radius 1 is 1.40 bits per heavy atom. The number of thiocarbonyl (C=S) groups is 1. The minimum Gasteiger partial charge on any atom is -0.492 e. The van der Waals surface area contributed by atoms with Gasteiger partial charge in [-0.3, -0.25) is 4.79 Å². The van der Waals surface area contributed by atoms with Gasteiger partial charge < -0.3 is 15.4 Å². The monoisotopic (exact) mass is 312 g/mol. The predicted molar refractivity (Wildman–Crippen MR) is 87.4 cm³/mol. The molecule has 0 aliphatic rings. The maximum Gasteiger partial charge on any atom is 0.225 e. The standard InChI is InChI=1S/C14H20N2O2S2/c1-16(9-7-13(15)19)14(17)8-10-18-11-5-3-4-6-12(11)20-2/h3-6H,7-10H2,1-2H3,(H2,15,19). The number of nitrogens with two attached hydrogens (primary N) is 1. The molecule has 0 unspecified atom stereocenters. The van der Waals surface area contributed by atoms with Gasteiger partial charge in [-0.2, -0.15) is 0 Å². The van der Waals surface area contributed by atoms with Gasteiger partial charge in [0.1, 0.15) is 5.75 Å². The summed E-state index contributed by atoms with van der Waals surface area (Å²) in [4.78, 5) is 15.0. The summed E-state index contributed by atoms with van der Waals surface area (Å²) < 4.78 is 5.66. The van der Waals surface area contributed by atoms with Gasteiger partial charge in [0.05, 0.1) is 18.0 Å². The molecule has 4 nitrogen and oxygen atoms in total. The van der Waals surface area contributed by atoms with Crippen LogP contribution in [0.1, 0.15) is 12.8 Å². The van der Waals surface area contributed by atoms with E-state index in [0.29, 0.717) is 31.0 Å². The fraction of sp³-hybridized carbons (Fsp3) is 0.429. The second kappa shape index (κ2) is 8.81. The summed E-state index contributed by atoms with van der Waals surface area (Å²) in [7, 11) is 1.75. The van der Waals surface area contributed by atoms with Crippen LogP contribution in [0.4, 0.5) is 0 Å². The Morgan fingerprint density at radius 3 is 2.75 bits per heavy atom. The van der Waals surface area contributed by atoms with Crippen LogP contribution < -0.4 is 10.5 Å². The molecule has 0 atom stereocenters. The Hall–Kier alpha value is -1.27. The number of rotatable bonds is 8. The Bertz CT molecular complexity index is 466. The zero-order chi connectivity index (χ0) is 15.0. The zero-order valence-corrected chi connectivity index (χ0v) is 13.4. The van der Waals surface area contributed by atoms with Crippen LogP contribution in [-0.2, 0) is 4.79 Å². The average molecular weight is 312 g/mol. The molecular weight excluding hydrogens is 292 g/mol. The van der Waals surface area contributed by atoms with E-state index in [1.54, 1.807) is 23.7 Å². The number of carbonyl (C=O) groups excluding carboxylic acids is 1. The number of hydrogen-bond acceptors (Lipinski definition) is 4. The molecule has 0 bridgehead atoms. The first-order valence-corrected chi connectivity index (χ1v) is 7.96. The molecule has 0 heterocycles. The lowest BCUT2D eigenvalue weighted by Gasteiger charge is -2.17. The van der Waals surface area contributed by atoms with Crippen LogP contribution in [0.25, 0.3) is 0 Å². The molecule has 6 heteroatoms. The van der Waals surface area contributed by atoms with E-state index in [1.807, 2.05) is 30.5 Å². The third kappa shape index (κ3) is 5.79. The molecular formula is C14H20N2O2S2. The highest BCUT2D eigenvalue weighted by Crippen LogP contribution is 2.26. The van der Waals surface area contributed by atoms with Crippen molar-refractivity contribution in [3.05, 3.63) is 24.3 Å². The Balaban J connectivity index is 2.36. The summed E-state index contributed by atoms with van der Waals surface area (Å²) in [5.74, 6) is 0.849. The molecule has 0 aliphatic heterocycles. The van der Waals surface area contributed by atoms with E-state index in [1.165, 1.54) is 0 Å². The number of nitrogens with zero attached hydrogens (tertiary/aromatic N) is 1. The minimum absolute atomic E-state index is 0.0304. The van der Waals surface area contributed by atoms with Crippen molar-refractivity contribution >= 4 is 34.9 Å². The summed E-state index contributed by atoms with van der Waals surface area (Å²) in [6, 6.07) is 7.79. The van der Waals surface area contributed by atoms with Crippen molar-refractivity contribution in [2.75, 3.05) is 26.5 Å². The van der Waals surface area contributed by atoms with Gasteiger partial charge >= 0.3 is 0 Å². The highest BCUT2D eigenvalue weighted by Gasteiger charge is 2.09. The Morgan fingerprint density at radius 2 is 2.10 bits per heavy atom. The maximum absolute atomic E-state index is 11.9. The van der Waals surface area contributed by atoms with Gasteiger partial charge in [-0.25, -0.2) is 0 Å². The zero-order valence-electron chi connectivity index (χ0n) is 11.8. The lowest BCUT2D eigenvalue weighted by Crippen LogP contribution is -2.30. The first kappa shape index (κ1) is 16.8. The number of amides is 1. The fourth-order valence-corrected chi connectivity index (χ4v) is 2.21. The molecule has 2 N–H and O–H groups in total. The number of para-hydroxylation sites is 1. The number of benzene rings is 1. The number of hydrogen-bond donors (Lipinski definition) is 1. The van der Waals surface area contributed by atoms with Gasteiger partial charge in [0.2, 0.25) is 5.91 Å². The van der Waals surface area contributed by atoms with Gasteiger partial charge in [0, 0.05) is 24.9 Å². The van der Waals surface area contributed by atoms with Gasteiger partial charge in [-0.1, -0.05) is 24.4 Å². The normalized spacial score (nSPS) is 10.1. The van der Waals surface area contributed by atoms with E-state index in [2.05, 4.69) is 0 Å². The van der Waals surface area contributed by atoms with Crippen molar-refractivity contribution in [1.82, 2.24) is 4.90 Å². The van der Waals surface area contributed by atoms with Crippen molar-refractivity contribution in [2.24, 2.45) is 5.73 Å². The van der Waals surface area contributed by atoms with E-state index in [9.17, 15) is 4.79 Å². The van der Waals surface area contributed by atoms with E-state index < -0.39 is 0 Å². The molecule has 1 rings (SSSR count). The topological polar surface area (TPSA) is 55.6 Å². The summed E-state index contributed by atoms with van der Waals surface area (Å²) in [6.45, 7) is 0.920. The van der Waals surface area contributed by atoms with Crippen molar-refractivity contribution in [3.8, 4) is 5.75 Å². The Labute approximate surface area is 129 Å². The molecule has 0 aromatic heterocycles. The van der Waals surface area contributed by atoms with Gasteiger partial charge in [0.25, 0.3) is 0 Å². The quantitative estimate of drug-likeness (QED) is 0.590. The molecule has 0 saturated carbocycles. The second-order valence-corrected chi connectivity index (χ2v) is 5.65. The van der Waals surface area contributed by atoms with E-state index in [-0.39, 0.29) is 5.91 Å². The Kier molecular flexibility index (Phi) is 7.40. The van der Waals surface area contributed by atoms with Crippen molar-refractivity contribution in [3.63, 3.8) is 0 Å². The van der Waals surface area contributed by atoms with E-state index >= 15 is 0 Å². The lowest BCUT2D eigenvalue weighted by molar-refractivity contribution is -0.130. The lowest BCUT2D eigenvalue weighted by atomic mass is 10.3. The average Bonchev–Trinajstić information content (AvgIpc) is 2.45. The molecule has 110 valence electrons. The van der Waals surface area contributed by atoms with Crippen LogP contribution in [-0.4, -0.2) is 42.3 Å². The van der Waals surface area contributed by atoms with Crippen LogP contribution in [0.5, 0.6) is 5.75 Å². The number of thioether (sulfide) groups is 1. The molecule has 20 heavy (non-hydrogen) atoms. The number of carbonyl (C=O) groups is 1.